The Morgan fingerprint density at radius 3 is 2.27 bits per heavy atom. The van der Waals surface area contributed by atoms with Crippen LogP contribution in [0.3, 0.4) is 0 Å². The Morgan fingerprint density at radius 1 is 0.973 bits per heavy atom. The fourth-order valence-electron chi connectivity index (χ4n) is 4.22. The first kappa shape index (κ1) is 26.9. The third kappa shape index (κ3) is 7.94. The molecule has 2 atom stereocenters. The van der Waals surface area contributed by atoms with Crippen LogP contribution in [0, 0.1) is 0 Å². The van der Waals surface area contributed by atoms with Crippen LogP contribution >= 0.6 is 22.9 Å². The monoisotopic (exact) mass is 541 g/mol. The van der Waals surface area contributed by atoms with Crippen molar-refractivity contribution in [3.8, 4) is 11.5 Å². The first-order valence-corrected chi connectivity index (χ1v) is 13.8. The van der Waals surface area contributed by atoms with Gasteiger partial charge >= 0.3 is 0 Å². The lowest BCUT2D eigenvalue weighted by Gasteiger charge is -2.32. The van der Waals surface area contributed by atoms with Gasteiger partial charge in [0.05, 0.1) is 0 Å². The predicted molar refractivity (Wildman–Crippen MR) is 146 cm³/mol. The lowest BCUT2D eigenvalue weighted by atomic mass is 9.90. The molecular weight excluding hydrogens is 510 g/mol. The van der Waals surface area contributed by atoms with Gasteiger partial charge in [0, 0.05) is 22.5 Å². The average Bonchev–Trinajstić information content (AvgIpc) is 3.38. The number of amides is 2. The molecule has 0 aliphatic heterocycles. The Balaban J connectivity index is 1.26. The molecule has 2 unspecified atom stereocenters. The molecular formula is C28H32ClN3O4S. The molecule has 1 aromatic heterocycles. The zero-order valence-electron chi connectivity index (χ0n) is 21.0. The molecule has 2 N–H and O–H groups in total. The van der Waals surface area contributed by atoms with Crippen molar-refractivity contribution in [3.05, 3.63) is 75.2 Å². The second-order valence-electron chi connectivity index (χ2n) is 9.42. The van der Waals surface area contributed by atoms with E-state index in [2.05, 4.69) is 41.6 Å². The van der Waals surface area contributed by atoms with E-state index >= 15 is 0 Å². The number of benzene rings is 2. The molecule has 0 spiro atoms. The molecule has 196 valence electrons. The van der Waals surface area contributed by atoms with Gasteiger partial charge < -0.3 is 20.1 Å². The number of hydrogen-bond donors (Lipinski definition) is 2. The van der Waals surface area contributed by atoms with Gasteiger partial charge in [0.25, 0.3) is 11.8 Å². The van der Waals surface area contributed by atoms with Crippen LogP contribution < -0.4 is 20.1 Å². The van der Waals surface area contributed by atoms with E-state index in [1.54, 1.807) is 29.6 Å². The molecule has 1 saturated carbocycles. The average molecular weight is 542 g/mol. The summed E-state index contributed by atoms with van der Waals surface area (Å²) < 4.78 is 11.4. The molecule has 0 saturated heterocycles. The Morgan fingerprint density at radius 2 is 1.59 bits per heavy atom. The number of halogens is 1. The third-order valence-electron chi connectivity index (χ3n) is 6.31. The number of hydrogen-bond acceptors (Lipinski definition) is 6. The maximum Gasteiger partial charge on any atom is 0.271 e. The zero-order valence-corrected chi connectivity index (χ0v) is 22.6. The smallest absolute Gasteiger partial charge is 0.271 e. The Labute approximate surface area is 226 Å². The van der Waals surface area contributed by atoms with Crippen molar-refractivity contribution in [2.24, 2.45) is 0 Å². The van der Waals surface area contributed by atoms with E-state index in [1.165, 1.54) is 16.9 Å². The molecule has 0 radical (unpaired) electrons. The highest BCUT2D eigenvalue weighted by Crippen LogP contribution is 2.22. The predicted octanol–water partition coefficient (Wildman–Crippen LogP) is 5.74. The molecule has 4 rings (SSSR count). The summed E-state index contributed by atoms with van der Waals surface area (Å²) in [6, 6.07) is 14.6. The SMILES string of the molecule is CC(C)c1ccc(OCc2nc(C(=O)NC3CCCCC3NC(=O)COc3ccc(Cl)cc3)cs2)cc1. The maximum atomic E-state index is 12.9. The van der Waals surface area contributed by atoms with E-state index in [0.717, 1.165) is 36.4 Å². The lowest BCUT2D eigenvalue weighted by molar-refractivity contribution is -0.124. The molecule has 1 aliphatic carbocycles. The number of nitrogens with one attached hydrogen (secondary N) is 2. The number of thiazole rings is 1. The minimum atomic E-state index is -0.243. The second-order valence-corrected chi connectivity index (χ2v) is 10.8. The number of nitrogens with zero attached hydrogens (tertiary/aromatic N) is 1. The topological polar surface area (TPSA) is 89.5 Å². The number of rotatable bonds is 10. The highest BCUT2D eigenvalue weighted by Gasteiger charge is 2.28. The van der Waals surface area contributed by atoms with Gasteiger partial charge in [-0.1, -0.05) is 50.4 Å². The quantitative estimate of drug-likeness (QED) is 0.342. The Bertz CT molecular complexity index is 1180. The van der Waals surface area contributed by atoms with Crippen LogP contribution in [0.2, 0.25) is 5.02 Å². The molecule has 7 nitrogen and oxygen atoms in total. The summed E-state index contributed by atoms with van der Waals surface area (Å²) in [5.41, 5.74) is 1.62. The fourth-order valence-corrected chi connectivity index (χ4v) is 5.03. The van der Waals surface area contributed by atoms with E-state index in [-0.39, 0.29) is 30.5 Å². The van der Waals surface area contributed by atoms with Crippen LogP contribution in [0.4, 0.5) is 0 Å². The molecule has 9 heteroatoms. The summed E-state index contributed by atoms with van der Waals surface area (Å²) >= 11 is 7.27. The maximum absolute atomic E-state index is 12.9. The van der Waals surface area contributed by atoms with Gasteiger partial charge in [-0.15, -0.1) is 11.3 Å². The minimum absolute atomic E-state index is 0.103. The first-order valence-electron chi connectivity index (χ1n) is 12.5. The van der Waals surface area contributed by atoms with Gasteiger partial charge in [0.2, 0.25) is 0 Å². The standard InChI is InChI=1S/C28H32ClN3O4S/c1-18(2)19-7-11-21(12-8-19)36-16-27-31-25(17-37-27)28(34)32-24-6-4-3-5-23(24)30-26(33)15-35-22-13-9-20(29)10-14-22/h7-14,17-18,23-24H,3-6,15-16H2,1-2H3,(H,30,33)(H,32,34). The van der Waals surface area contributed by atoms with Crippen LogP contribution in [0.5, 0.6) is 11.5 Å². The number of ether oxygens (including phenoxy) is 2. The summed E-state index contributed by atoms with van der Waals surface area (Å²) in [4.78, 5) is 29.9. The van der Waals surface area contributed by atoms with Gasteiger partial charge in [-0.25, -0.2) is 4.98 Å². The third-order valence-corrected chi connectivity index (χ3v) is 7.38. The van der Waals surface area contributed by atoms with E-state index in [4.69, 9.17) is 21.1 Å². The summed E-state index contributed by atoms with van der Waals surface area (Å²) in [5, 5.41) is 9.16. The van der Waals surface area contributed by atoms with E-state index in [1.807, 2.05) is 12.1 Å². The van der Waals surface area contributed by atoms with Gasteiger partial charge in [0.1, 0.15) is 28.8 Å². The van der Waals surface area contributed by atoms with Crippen molar-refractivity contribution < 1.29 is 19.1 Å². The highest BCUT2D eigenvalue weighted by molar-refractivity contribution is 7.09. The van der Waals surface area contributed by atoms with Crippen molar-refractivity contribution in [3.63, 3.8) is 0 Å². The van der Waals surface area contributed by atoms with Gasteiger partial charge in [-0.05, 0) is 60.7 Å². The largest absolute Gasteiger partial charge is 0.486 e. The van der Waals surface area contributed by atoms with Crippen molar-refractivity contribution >= 4 is 34.8 Å². The van der Waals surface area contributed by atoms with Crippen LogP contribution in [0.25, 0.3) is 0 Å². The molecule has 1 fully saturated rings. The van der Waals surface area contributed by atoms with Crippen molar-refractivity contribution in [1.82, 2.24) is 15.6 Å². The van der Waals surface area contributed by atoms with Crippen molar-refractivity contribution in [2.45, 2.75) is 64.1 Å². The van der Waals surface area contributed by atoms with E-state index < -0.39 is 0 Å². The summed E-state index contributed by atoms with van der Waals surface area (Å²) in [6.45, 7) is 4.50. The van der Waals surface area contributed by atoms with Crippen LogP contribution in [0.1, 0.15) is 66.5 Å². The lowest BCUT2D eigenvalue weighted by Crippen LogP contribution is -2.54. The van der Waals surface area contributed by atoms with Crippen molar-refractivity contribution in [1.29, 1.82) is 0 Å². The van der Waals surface area contributed by atoms with E-state index in [9.17, 15) is 9.59 Å². The minimum Gasteiger partial charge on any atom is -0.486 e. The van der Waals surface area contributed by atoms with Gasteiger partial charge in [0.15, 0.2) is 6.61 Å². The molecule has 3 aromatic rings. The van der Waals surface area contributed by atoms with Crippen LogP contribution in [-0.2, 0) is 11.4 Å². The second kappa shape index (κ2) is 12.9. The highest BCUT2D eigenvalue weighted by atomic mass is 35.5. The van der Waals surface area contributed by atoms with Crippen molar-refractivity contribution in [2.75, 3.05) is 6.61 Å². The van der Waals surface area contributed by atoms with E-state index in [0.29, 0.717) is 29.0 Å². The molecule has 1 aliphatic rings. The summed E-state index contributed by atoms with van der Waals surface area (Å²) in [7, 11) is 0. The zero-order chi connectivity index (χ0) is 26.2. The van der Waals surface area contributed by atoms with Crippen LogP contribution in [0.15, 0.2) is 53.9 Å². The van der Waals surface area contributed by atoms with Crippen LogP contribution in [-0.4, -0.2) is 35.5 Å². The molecule has 2 amide bonds. The number of aromatic nitrogens is 1. The summed E-state index contributed by atoms with van der Waals surface area (Å²) in [6.07, 6.45) is 3.57. The molecule has 0 bridgehead atoms. The Kier molecular flexibility index (Phi) is 9.41. The molecule has 2 aromatic carbocycles. The first-order chi connectivity index (χ1) is 17.9. The normalized spacial score (nSPS) is 17.3. The summed E-state index contributed by atoms with van der Waals surface area (Å²) in [5.74, 6) is 1.34. The van der Waals surface area contributed by atoms with Gasteiger partial charge in [-0.3, -0.25) is 9.59 Å². The Hall–Kier alpha value is -3.10. The number of carbonyl (C=O) groups excluding carboxylic acids is 2. The number of carbonyl (C=O) groups is 2. The van der Waals surface area contributed by atoms with Gasteiger partial charge in [-0.2, -0.15) is 0 Å². The molecule has 37 heavy (non-hydrogen) atoms. The fraction of sp³-hybridized carbons (Fsp3) is 0.393. The molecule has 1 heterocycles.